The first-order chi connectivity index (χ1) is 5.02. The van der Waals surface area contributed by atoms with Crippen LogP contribution in [0.25, 0.3) is 0 Å². The molecule has 0 heterocycles. The van der Waals surface area contributed by atoms with Gasteiger partial charge >= 0.3 is 0 Å². The fourth-order valence-corrected chi connectivity index (χ4v) is 0.767. The second-order valence-electron chi connectivity index (χ2n) is 3.08. The molecule has 11 heavy (non-hydrogen) atoms. The van der Waals surface area contributed by atoms with Crippen LogP contribution in [0.5, 0.6) is 0 Å². The molecule has 0 aromatic carbocycles. The van der Waals surface area contributed by atoms with Gasteiger partial charge in [-0.1, -0.05) is 5.92 Å². The molecular weight excluding hydrogens is 140 g/mol. The molecule has 0 aliphatic carbocycles. The predicted molar refractivity (Wildman–Crippen MR) is 45.2 cm³/mol. The van der Waals surface area contributed by atoms with Crippen LogP contribution in [0.4, 0.5) is 0 Å². The second-order valence-corrected chi connectivity index (χ2v) is 3.08. The zero-order valence-corrected chi connectivity index (χ0v) is 7.64. The van der Waals surface area contributed by atoms with Crippen LogP contribution in [0, 0.1) is 11.8 Å². The average Bonchev–Trinajstić information content (AvgIpc) is 1.87. The van der Waals surface area contributed by atoms with Crippen molar-refractivity contribution in [1.29, 1.82) is 0 Å². The van der Waals surface area contributed by atoms with E-state index < -0.39 is 6.10 Å². The van der Waals surface area contributed by atoms with Gasteiger partial charge in [-0.05, 0) is 20.8 Å². The first-order valence-corrected chi connectivity index (χ1v) is 3.67. The Balaban J connectivity index is 3.89. The van der Waals surface area contributed by atoms with Crippen molar-refractivity contribution in [3.63, 3.8) is 0 Å². The maximum absolute atomic E-state index is 9.26. The van der Waals surface area contributed by atoms with Crippen LogP contribution < -0.4 is 0 Å². The lowest BCUT2D eigenvalue weighted by atomic mass is 10.0. The normalized spacial score (nSPS) is 13.5. The van der Waals surface area contributed by atoms with E-state index in [4.69, 9.17) is 4.74 Å². The van der Waals surface area contributed by atoms with Crippen LogP contribution in [-0.4, -0.2) is 23.9 Å². The molecule has 0 saturated heterocycles. The molecule has 1 unspecified atom stereocenters. The number of aliphatic hydroxyl groups is 1. The maximum Gasteiger partial charge on any atom is 0.117 e. The predicted octanol–water partition coefficient (Wildman–Crippen LogP) is 1.19. The van der Waals surface area contributed by atoms with Crippen molar-refractivity contribution < 1.29 is 9.84 Å². The molecule has 0 aliphatic rings. The minimum absolute atomic E-state index is 0.288. The summed E-state index contributed by atoms with van der Waals surface area (Å²) in [4.78, 5) is 0. The van der Waals surface area contributed by atoms with Gasteiger partial charge in [0.25, 0.3) is 0 Å². The maximum atomic E-state index is 9.26. The fraction of sp³-hybridized carbons (Fsp3) is 0.778. The van der Waals surface area contributed by atoms with E-state index in [1.165, 1.54) is 0 Å². The molecule has 2 heteroatoms. The molecule has 0 bridgehead atoms. The molecule has 0 spiro atoms. The third kappa shape index (κ3) is 4.83. The van der Waals surface area contributed by atoms with Crippen molar-refractivity contribution in [3.8, 4) is 11.8 Å². The van der Waals surface area contributed by atoms with Crippen LogP contribution >= 0.6 is 0 Å². The lowest BCUT2D eigenvalue weighted by Gasteiger charge is -2.23. The fourth-order valence-electron chi connectivity index (χ4n) is 0.767. The standard InChI is InChI=1S/C9H16O2/c1-5-6-8(10)7-9(2,3)11-4/h8,10H,7H2,1-4H3. The minimum Gasteiger partial charge on any atom is -0.380 e. The number of methoxy groups -OCH3 is 1. The van der Waals surface area contributed by atoms with Crippen LogP contribution in [0.2, 0.25) is 0 Å². The smallest absolute Gasteiger partial charge is 0.117 e. The van der Waals surface area contributed by atoms with Crippen molar-refractivity contribution >= 4 is 0 Å². The third-order valence-electron chi connectivity index (χ3n) is 1.55. The van der Waals surface area contributed by atoms with Gasteiger partial charge in [-0.25, -0.2) is 0 Å². The first kappa shape index (κ1) is 10.5. The molecule has 0 aromatic rings. The molecule has 0 amide bonds. The van der Waals surface area contributed by atoms with Crippen molar-refractivity contribution in [3.05, 3.63) is 0 Å². The zero-order chi connectivity index (χ0) is 8.91. The molecule has 0 aromatic heterocycles. The summed E-state index contributed by atoms with van der Waals surface area (Å²) >= 11 is 0. The summed E-state index contributed by atoms with van der Waals surface area (Å²) in [5.41, 5.74) is -0.288. The Morgan fingerprint density at radius 2 is 2.09 bits per heavy atom. The van der Waals surface area contributed by atoms with Gasteiger partial charge in [-0.3, -0.25) is 0 Å². The molecule has 1 N–H and O–H groups in total. The number of rotatable bonds is 3. The molecular formula is C9H16O2. The topological polar surface area (TPSA) is 29.5 Å². The second kappa shape index (κ2) is 4.38. The van der Waals surface area contributed by atoms with E-state index in [0.29, 0.717) is 6.42 Å². The highest BCUT2D eigenvalue weighted by molar-refractivity contribution is 5.03. The van der Waals surface area contributed by atoms with Crippen LogP contribution in [0.3, 0.4) is 0 Å². The molecule has 64 valence electrons. The van der Waals surface area contributed by atoms with E-state index in [-0.39, 0.29) is 5.60 Å². The van der Waals surface area contributed by atoms with Gasteiger partial charge < -0.3 is 9.84 Å². The van der Waals surface area contributed by atoms with Gasteiger partial charge in [0, 0.05) is 13.5 Å². The summed E-state index contributed by atoms with van der Waals surface area (Å²) in [6, 6.07) is 0. The third-order valence-corrected chi connectivity index (χ3v) is 1.55. The van der Waals surface area contributed by atoms with Gasteiger partial charge in [-0.2, -0.15) is 0 Å². The highest BCUT2D eigenvalue weighted by Crippen LogP contribution is 2.14. The van der Waals surface area contributed by atoms with Crippen molar-refractivity contribution in [1.82, 2.24) is 0 Å². The van der Waals surface area contributed by atoms with Crippen LogP contribution in [0.15, 0.2) is 0 Å². The highest BCUT2D eigenvalue weighted by atomic mass is 16.5. The average molecular weight is 156 g/mol. The molecule has 0 aliphatic heterocycles. The van der Waals surface area contributed by atoms with Gasteiger partial charge in [0.15, 0.2) is 0 Å². The number of hydrogen-bond acceptors (Lipinski definition) is 2. The summed E-state index contributed by atoms with van der Waals surface area (Å²) in [7, 11) is 1.63. The first-order valence-electron chi connectivity index (χ1n) is 3.67. The molecule has 0 fully saturated rings. The minimum atomic E-state index is -0.574. The van der Waals surface area contributed by atoms with Crippen molar-refractivity contribution in [2.24, 2.45) is 0 Å². The zero-order valence-electron chi connectivity index (χ0n) is 7.64. The summed E-state index contributed by atoms with van der Waals surface area (Å²) in [6.07, 6.45) is -0.0281. The monoisotopic (exact) mass is 156 g/mol. The Bertz CT molecular complexity index is 162. The SMILES string of the molecule is CC#CC(O)CC(C)(C)OC. The van der Waals surface area contributed by atoms with E-state index in [0.717, 1.165) is 0 Å². The largest absolute Gasteiger partial charge is 0.380 e. The Labute approximate surface area is 68.6 Å². The molecule has 2 nitrogen and oxygen atoms in total. The Hall–Kier alpha value is -0.520. The molecule has 0 rings (SSSR count). The Kier molecular flexibility index (Phi) is 4.17. The van der Waals surface area contributed by atoms with Crippen LogP contribution in [-0.2, 0) is 4.74 Å². The van der Waals surface area contributed by atoms with E-state index >= 15 is 0 Å². The number of aliphatic hydroxyl groups excluding tert-OH is 1. The molecule has 0 saturated carbocycles. The quantitative estimate of drug-likeness (QED) is 0.622. The van der Waals surface area contributed by atoms with Crippen molar-refractivity contribution in [2.45, 2.75) is 38.9 Å². The Morgan fingerprint density at radius 1 is 1.55 bits per heavy atom. The van der Waals surface area contributed by atoms with Gasteiger partial charge in [-0.15, -0.1) is 5.92 Å². The van der Waals surface area contributed by atoms with E-state index in [2.05, 4.69) is 11.8 Å². The lowest BCUT2D eigenvalue weighted by molar-refractivity contribution is -0.00788. The van der Waals surface area contributed by atoms with Gasteiger partial charge in [0.2, 0.25) is 0 Å². The summed E-state index contributed by atoms with van der Waals surface area (Å²) in [6.45, 7) is 5.56. The van der Waals surface area contributed by atoms with E-state index in [9.17, 15) is 5.11 Å². The highest BCUT2D eigenvalue weighted by Gasteiger charge is 2.19. The summed E-state index contributed by atoms with van der Waals surface area (Å²) < 4.78 is 5.13. The summed E-state index contributed by atoms with van der Waals surface area (Å²) in [5.74, 6) is 5.32. The van der Waals surface area contributed by atoms with E-state index in [1.807, 2.05) is 13.8 Å². The lowest BCUT2D eigenvalue weighted by Crippen LogP contribution is -2.27. The number of ether oxygens (including phenoxy) is 1. The van der Waals surface area contributed by atoms with Gasteiger partial charge in [0.05, 0.1) is 5.60 Å². The van der Waals surface area contributed by atoms with Gasteiger partial charge in [0.1, 0.15) is 6.10 Å². The number of hydrogen-bond donors (Lipinski definition) is 1. The Morgan fingerprint density at radius 3 is 2.45 bits per heavy atom. The molecule has 0 radical (unpaired) electrons. The summed E-state index contributed by atoms with van der Waals surface area (Å²) in [5, 5.41) is 9.26. The van der Waals surface area contributed by atoms with E-state index in [1.54, 1.807) is 14.0 Å². The molecule has 1 atom stereocenters. The van der Waals surface area contributed by atoms with Crippen LogP contribution in [0.1, 0.15) is 27.2 Å². The van der Waals surface area contributed by atoms with Crippen molar-refractivity contribution in [2.75, 3.05) is 7.11 Å².